The summed E-state index contributed by atoms with van der Waals surface area (Å²) in [5, 5.41) is 3.15. The number of carbonyl (C=O) groups is 1. The lowest BCUT2D eigenvalue weighted by Crippen LogP contribution is -2.41. The van der Waals surface area contributed by atoms with Crippen LogP contribution in [0.2, 0.25) is 0 Å². The highest BCUT2D eigenvalue weighted by atomic mass is 19.4. The number of anilines is 1. The van der Waals surface area contributed by atoms with Crippen LogP contribution in [0.3, 0.4) is 0 Å². The van der Waals surface area contributed by atoms with Crippen LogP contribution in [-0.2, 0) is 11.0 Å². The van der Waals surface area contributed by atoms with E-state index in [2.05, 4.69) is 29.0 Å². The van der Waals surface area contributed by atoms with Crippen molar-refractivity contribution in [2.24, 2.45) is 5.92 Å². The van der Waals surface area contributed by atoms with Gasteiger partial charge in [0, 0.05) is 32.4 Å². The number of hydrogen-bond acceptors (Lipinski definition) is 4. The molecule has 0 bridgehead atoms. The normalized spacial score (nSPS) is 16.8. The number of nitrogens with zero attached hydrogens (tertiary/aromatic N) is 3. The minimum absolute atomic E-state index is 0.0244. The van der Waals surface area contributed by atoms with Crippen molar-refractivity contribution < 1.29 is 18.0 Å². The first-order chi connectivity index (χ1) is 14.7. The van der Waals surface area contributed by atoms with Crippen LogP contribution in [-0.4, -0.2) is 48.5 Å². The van der Waals surface area contributed by atoms with Crippen molar-refractivity contribution in [2.75, 3.05) is 37.6 Å². The largest absolute Gasteiger partial charge is 0.417 e. The summed E-state index contributed by atoms with van der Waals surface area (Å²) in [5.74, 6) is 0.767. The molecule has 2 aromatic rings. The molecule has 31 heavy (non-hydrogen) atoms. The van der Waals surface area contributed by atoms with Crippen LogP contribution >= 0.6 is 0 Å². The minimum Gasteiger partial charge on any atom is -0.355 e. The topological polar surface area (TPSA) is 48.5 Å². The number of carbonyl (C=O) groups excluding carboxylic acids is 1. The van der Waals surface area contributed by atoms with Gasteiger partial charge in [-0.3, -0.25) is 9.69 Å². The van der Waals surface area contributed by atoms with Crippen molar-refractivity contribution >= 4 is 11.7 Å². The number of halogens is 3. The van der Waals surface area contributed by atoms with Gasteiger partial charge in [0.15, 0.2) is 0 Å². The molecular formula is C23H29F3N4O. The average molecular weight is 435 g/mol. The van der Waals surface area contributed by atoms with E-state index in [1.165, 1.54) is 6.07 Å². The molecule has 1 aliphatic rings. The number of alkyl halides is 3. The second-order valence-electron chi connectivity index (χ2n) is 8.22. The highest BCUT2D eigenvalue weighted by Crippen LogP contribution is 2.29. The Kier molecular flexibility index (Phi) is 7.54. The predicted molar refractivity (Wildman–Crippen MR) is 115 cm³/mol. The van der Waals surface area contributed by atoms with Crippen LogP contribution in [0.15, 0.2) is 48.7 Å². The van der Waals surface area contributed by atoms with E-state index in [4.69, 9.17) is 0 Å². The molecule has 168 valence electrons. The predicted octanol–water partition coefficient (Wildman–Crippen LogP) is 4.13. The van der Waals surface area contributed by atoms with Gasteiger partial charge in [-0.2, -0.15) is 13.2 Å². The summed E-state index contributed by atoms with van der Waals surface area (Å²) in [4.78, 5) is 20.8. The first kappa shape index (κ1) is 23.1. The number of benzene rings is 1. The molecule has 0 spiro atoms. The van der Waals surface area contributed by atoms with Crippen molar-refractivity contribution in [2.45, 2.75) is 32.5 Å². The van der Waals surface area contributed by atoms with E-state index in [0.29, 0.717) is 32.0 Å². The van der Waals surface area contributed by atoms with Gasteiger partial charge in [-0.15, -0.1) is 0 Å². The SMILES string of the molecule is CC(C)[C@H](NC(=O)CN1CCCN(c2ccc(C(F)(F)F)cn2)CC1)c1ccccc1. The van der Waals surface area contributed by atoms with Crippen LogP contribution in [0, 0.1) is 5.92 Å². The zero-order valence-electron chi connectivity index (χ0n) is 17.9. The number of nitrogens with one attached hydrogen (secondary N) is 1. The molecule has 1 fully saturated rings. The Morgan fingerprint density at radius 1 is 1.06 bits per heavy atom. The molecule has 1 amide bonds. The van der Waals surface area contributed by atoms with E-state index < -0.39 is 11.7 Å². The average Bonchev–Trinajstić information content (AvgIpc) is 2.97. The minimum atomic E-state index is -4.39. The van der Waals surface area contributed by atoms with Gasteiger partial charge >= 0.3 is 6.18 Å². The summed E-state index contributed by atoms with van der Waals surface area (Å²) in [6.07, 6.45) is -2.70. The number of rotatable bonds is 6. The Morgan fingerprint density at radius 3 is 2.42 bits per heavy atom. The standard InChI is InChI=1S/C23H29F3N4O/c1-17(2)22(18-7-4-3-5-8-18)28-21(31)16-29-11-6-12-30(14-13-29)20-10-9-19(15-27-20)23(24,25)26/h3-5,7-10,15,17,22H,6,11-14,16H2,1-2H3,(H,28,31)/t22-/m0/s1. The zero-order valence-corrected chi connectivity index (χ0v) is 17.9. The van der Waals surface area contributed by atoms with Gasteiger partial charge in [0.2, 0.25) is 5.91 Å². The van der Waals surface area contributed by atoms with Gasteiger partial charge in [0.1, 0.15) is 5.82 Å². The van der Waals surface area contributed by atoms with Gasteiger partial charge in [0.25, 0.3) is 0 Å². The van der Waals surface area contributed by atoms with Crippen LogP contribution in [0.5, 0.6) is 0 Å². The lowest BCUT2D eigenvalue weighted by atomic mass is 9.96. The lowest BCUT2D eigenvalue weighted by Gasteiger charge is -2.26. The number of aromatic nitrogens is 1. The van der Waals surface area contributed by atoms with Gasteiger partial charge in [-0.25, -0.2) is 4.98 Å². The van der Waals surface area contributed by atoms with Crippen LogP contribution < -0.4 is 10.2 Å². The Hall–Kier alpha value is -2.61. The second kappa shape index (κ2) is 10.1. The first-order valence-corrected chi connectivity index (χ1v) is 10.6. The van der Waals surface area contributed by atoms with Crippen molar-refractivity contribution in [1.29, 1.82) is 0 Å². The fourth-order valence-electron chi connectivity index (χ4n) is 3.82. The van der Waals surface area contributed by atoms with Gasteiger partial charge < -0.3 is 10.2 Å². The van der Waals surface area contributed by atoms with E-state index in [1.807, 2.05) is 35.2 Å². The zero-order chi connectivity index (χ0) is 22.4. The molecule has 5 nitrogen and oxygen atoms in total. The summed E-state index contributed by atoms with van der Waals surface area (Å²) in [5.41, 5.74) is 0.337. The molecule has 1 atom stereocenters. The third-order valence-corrected chi connectivity index (χ3v) is 5.50. The number of hydrogen-bond donors (Lipinski definition) is 1. The Morgan fingerprint density at radius 2 is 1.81 bits per heavy atom. The molecule has 1 aromatic carbocycles. The maximum Gasteiger partial charge on any atom is 0.417 e. The van der Waals surface area contributed by atoms with Gasteiger partial charge in [-0.1, -0.05) is 44.2 Å². The van der Waals surface area contributed by atoms with Crippen molar-refractivity contribution in [1.82, 2.24) is 15.2 Å². The molecule has 3 rings (SSSR count). The highest BCUT2D eigenvalue weighted by Gasteiger charge is 2.31. The van der Waals surface area contributed by atoms with Gasteiger partial charge in [-0.05, 0) is 30.0 Å². The lowest BCUT2D eigenvalue weighted by molar-refractivity contribution is -0.137. The molecule has 1 N–H and O–H groups in total. The molecule has 8 heteroatoms. The summed E-state index contributed by atoms with van der Waals surface area (Å²) < 4.78 is 38.2. The van der Waals surface area contributed by atoms with E-state index in [0.717, 1.165) is 30.8 Å². The second-order valence-corrected chi connectivity index (χ2v) is 8.22. The van der Waals surface area contributed by atoms with Crippen LogP contribution in [0.25, 0.3) is 0 Å². The quantitative estimate of drug-likeness (QED) is 0.743. The molecule has 1 aliphatic heterocycles. The molecular weight excluding hydrogens is 405 g/mol. The molecule has 0 aliphatic carbocycles. The van der Waals surface area contributed by atoms with Gasteiger partial charge in [0.05, 0.1) is 18.2 Å². The van der Waals surface area contributed by atoms with E-state index in [-0.39, 0.29) is 17.9 Å². The molecule has 0 saturated carbocycles. The van der Waals surface area contributed by atoms with Crippen LogP contribution in [0.4, 0.5) is 19.0 Å². The summed E-state index contributed by atoms with van der Waals surface area (Å²) in [6.45, 7) is 7.16. The smallest absolute Gasteiger partial charge is 0.355 e. The van der Waals surface area contributed by atoms with Crippen molar-refractivity contribution in [3.63, 3.8) is 0 Å². The number of amides is 1. The van der Waals surface area contributed by atoms with E-state index in [1.54, 1.807) is 0 Å². The molecule has 0 unspecified atom stereocenters. The van der Waals surface area contributed by atoms with E-state index in [9.17, 15) is 18.0 Å². The Bertz CT molecular complexity index is 840. The molecule has 1 saturated heterocycles. The molecule has 2 heterocycles. The summed E-state index contributed by atoms with van der Waals surface area (Å²) >= 11 is 0. The molecule has 1 aromatic heterocycles. The third-order valence-electron chi connectivity index (χ3n) is 5.50. The maximum atomic E-state index is 12.7. The summed E-state index contributed by atoms with van der Waals surface area (Å²) in [7, 11) is 0. The van der Waals surface area contributed by atoms with Crippen LogP contribution in [0.1, 0.15) is 37.4 Å². The molecule has 0 radical (unpaired) electrons. The monoisotopic (exact) mass is 434 g/mol. The summed E-state index contributed by atoms with van der Waals surface area (Å²) in [6, 6.07) is 12.4. The van der Waals surface area contributed by atoms with E-state index >= 15 is 0 Å². The first-order valence-electron chi connectivity index (χ1n) is 10.6. The maximum absolute atomic E-state index is 12.7. The fourth-order valence-corrected chi connectivity index (χ4v) is 3.82. The number of pyridine rings is 1. The Balaban J connectivity index is 1.55. The highest BCUT2D eigenvalue weighted by molar-refractivity contribution is 5.78. The Labute approximate surface area is 181 Å². The van der Waals surface area contributed by atoms with Crippen molar-refractivity contribution in [3.8, 4) is 0 Å². The van der Waals surface area contributed by atoms with Crippen molar-refractivity contribution in [3.05, 3.63) is 59.8 Å². The fraction of sp³-hybridized carbons (Fsp3) is 0.478. The third kappa shape index (κ3) is 6.43.